The number of amidine groups is 1. The van der Waals surface area contributed by atoms with Gasteiger partial charge in [0.25, 0.3) is 5.91 Å². The van der Waals surface area contributed by atoms with Gasteiger partial charge in [-0.05, 0) is 25.1 Å². The van der Waals surface area contributed by atoms with Crippen molar-refractivity contribution in [2.75, 3.05) is 24.3 Å². The molecule has 1 amide bonds. The van der Waals surface area contributed by atoms with Gasteiger partial charge in [0.15, 0.2) is 11.3 Å². The zero-order valence-electron chi connectivity index (χ0n) is 17.2. The monoisotopic (exact) mass is 485 g/mol. The number of alkyl halides is 3. The summed E-state index contributed by atoms with van der Waals surface area (Å²) in [6.07, 6.45) is -4.27. The minimum Gasteiger partial charge on any atom is -0.477 e. The highest BCUT2D eigenvalue weighted by atomic mass is 32.2. The van der Waals surface area contributed by atoms with Crippen LogP contribution < -0.4 is 15.8 Å². The molecule has 3 atom stereocenters. The molecule has 0 saturated carbocycles. The number of nitrogens with zero attached hydrogens (tertiary/aromatic N) is 3. The molecule has 2 aliphatic heterocycles. The van der Waals surface area contributed by atoms with Crippen molar-refractivity contribution in [3.63, 3.8) is 0 Å². The molecule has 1 aromatic carbocycles. The Morgan fingerprint density at radius 2 is 2.15 bits per heavy atom. The topological polar surface area (TPSA) is 112 Å². The Morgan fingerprint density at radius 1 is 1.36 bits per heavy atom. The van der Waals surface area contributed by atoms with E-state index in [2.05, 4.69) is 20.3 Å². The van der Waals surface area contributed by atoms with Gasteiger partial charge < -0.3 is 20.5 Å². The maximum absolute atomic E-state index is 14.9. The largest absolute Gasteiger partial charge is 0.477 e. The van der Waals surface area contributed by atoms with Gasteiger partial charge in [-0.2, -0.15) is 13.2 Å². The van der Waals surface area contributed by atoms with Crippen LogP contribution in [0.4, 0.5) is 23.2 Å². The third-order valence-corrected chi connectivity index (χ3v) is 6.26. The Bertz CT molecular complexity index is 1080. The minimum atomic E-state index is -4.65. The predicted molar refractivity (Wildman–Crippen MR) is 113 cm³/mol. The Hall–Kier alpha value is -2.93. The van der Waals surface area contributed by atoms with Crippen molar-refractivity contribution in [3.05, 3.63) is 47.7 Å². The van der Waals surface area contributed by atoms with Crippen molar-refractivity contribution < 1.29 is 31.8 Å². The lowest BCUT2D eigenvalue weighted by atomic mass is 9.78. The molecule has 1 fully saturated rings. The molecule has 33 heavy (non-hydrogen) atoms. The van der Waals surface area contributed by atoms with E-state index in [0.717, 1.165) is 17.8 Å². The van der Waals surface area contributed by atoms with Crippen molar-refractivity contribution in [2.24, 2.45) is 16.6 Å². The van der Waals surface area contributed by atoms with Crippen LogP contribution in [0.5, 0.6) is 5.88 Å². The number of ether oxygens (including phenoxy) is 2. The van der Waals surface area contributed by atoms with Crippen LogP contribution in [0.25, 0.3) is 0 Å². The van der Waals surface area contributed by atoms with E-state index >= 15 is 0 Å². The minimum absolute atomic E-state index is 0.0296. The van der Waals surface area contributed by atoms with E-state index in [-0.39, 0.29) is 33.7 Å². The molecule has 0 bridgehead atoms. The second-order valence-corrected chi connectivity index (χ2v) is 8.43. The first kappa shape index (κ1) is 23.2. The fraction of sp³-hybridized carbons (Fsp3) is 0.400. The zero-order chi connectivity index (χ0) is 23.8. The number of nitrogens with one attached hydrogen (secondary N) is 1. The predicted octanol–water partition coefficient (Wildman–Crippen LogP) is 3.10. The second kappa shape index (κ2) is 8.78. The number of carbonyl (C=O) groups excluding carboxylic acids is 1. The van der Waals surface area contributed by atoms with Crippen molar-refractivity contribution in [1.82, 2.24) is 9.97 Å². The highest BCUT2D eigenvalue weighted by Crippen LogP contribution is 2.52. The molecule has 3 heterocycles. The van der Waals surface area contributed by atoms with E-state index in [9.17, 15) is 22.4 Å². The molecule has 0 aliphatic carbocycles. The molecule has 0 unspecified atom stereocenters. The Balaban J connectivity index is 1.65. The molecule has 2 aliphatic rings. The number of anilines is 1. The normalized spacial score (nSPS) is 24.7. The standard InChI is InChI=1S/C20H19F4N5O3S/c1-2-31-15-7-26-14(6-27-15)17(30)28-10-3-4-13(21)11(5-10)19-9-32-16(20(22,23)24)12(19)8-33-18(25)29-19/h3-7,12,16H,2,8-9H2,1H3,(H2,25,29)(H,28,30)/t12-,16+,19-/m1/s1. The molecule has 8 nitrogen and oxygen atoms in total. The van der Waals surface area contributed by atoms with Crippen LogP contribution in [0, 0.1) is 11.7 Å². The van der Waals surface area contributed by atoms with Gasteiger partial charge in [0.1, 0.15) is 17.1 Å². The van der Waals surface area contributed by atoms with Gasteiger partial charge in [0.05, 0.1) is 25.6 Å². The summed E-state index contributed by atoms with van der Waals surface area (Å²) >= 11 is 0.960. The van der Waals surface area contributed by atoms with E-state index < -0.39 is 42.1 Å². The first-order valence-corrected chi connectivity index (χ1v) is 10.9. The number of aliphatic imine (C=N–C) groups is 1. The number of nitrogens with two attached hydrogens (primary N) is 1. The average Bonchev–Trinajstić information content (AvgIpc) is 3.15. The lowest BCUT2D eigenvalue weighted by Gasteiger charge is -2.36. The smallest absolute Gasteiger partial charge is 0.415 e. The van der Waals surface area contributed by atoms with Gasteiger partial charge in [-0.15, -0.1) is 0 Å². The number of rotatable bonds is 5. The van der Waals surface area contributed by atoms with Crippen molar-refractivity contribution >= 4 is 28.5 Å². The number of amides is 1. The van der Waals surface area contributed by atoms with E-state index in [4.69, 9.17) is 15.2 Å². The van der Waals surface area contributed by atoms with Crippen LogP contribution in [0.1, 0.15) is 23.0 Å². The van der Waals surface area contributed by atoms with Crippen LogP contribution in [-0.4, -0.2) is 52.3 Å². The van der Waals surface area contributed by atoms with Gasteiger partial charge in [-0.1, -0.05) is 11.8 Å². The van der Waals surface area contributed by atoms with Crippen molar-refractivity contribution in [1.29, 1.82) is 0 Å². The molecule has 0 radical (unpaired) electrons. The molecule has 3 N–H and O–H groups in total. The van der Waals surface area contributed by atoms with Crippen molar-refractivity contribution in [3.8, 4) is 5.88 Å². The molecule has 13 heteroatoms. The lowest BCUT2D eigenvalue weighted by molar-refractivity contribution is -0.215. The van der Waals surface area contributed by atoms with Crippen LogP contribution >= 0.6 is 11.8 Å². The summed E-state index contributed by atoms with van der Waals surface area (Å²) in [5, 5.41) is 2.59. The second-order valence-electron chi connectivity index (χ2n) is 7.39. The number of thioether (sulfide) groups is 1. The SMILES string of the molecule is CCOc1cnc(C(=O)Nc2ccc(F)c([C@]34CO[C@H](C(F)(F)F)[C@H]3CSC(N)=N4)c2)cn1. The Labute approximate surface area is 190 Å². The summed E-state index contributed by atoms with van der Waals surface area (Å²) in [6, 6.07) is 3.58. The fourth-order valence-corrected chi connectivity index (χ4v) is 4.91. The third-order valence-electron chi connectivity index (χ3n) is 5.35. The number of aromatic nitrogens is 2. The summed E-state index contributed by atoms with van der Waals surface area (Å²) in [4.78, 5) is 24.7. The Morgan fingerprint density at radius 3 is 2.82 bits per heavy atom. The number of fused-ring (bicyclic) bond motifs is 1. The van der Waals surface area contributed by atoms with Crippen LogP contribution in [0.15, 0.2) is 35.6 Å². The van der Waals surface area contributed by atoms with E-state index in [1.807, 2.05) is 0 Å². The molecule has 4 rings (SSSR count). The van der Waals surface area contributed by atoms with E-state index in [1.54, 1.807) is 6.92 Å². The maximum Gasteiger partial charge on any atom is 0.415 e. The molecule has 176 valence electrons. The fourth-order valence-electron chi connectivity index (χ4n) is 3.88. The van der Waals surface area contributed by atoms with E-state index in [1.165, 1.54) is 24.5 Å². The number of halogens is 4. The van der Waals surface area contributed by atoms with Gasteiger partial charge in [0.2, 0.25) is 5.88 Å². The molecule has 0 spiro atoms. The first-order chi connectivity index (χ1) is 15.6. The van der Waals surface area contributed by atoms with Gasteiger partial charge in [-0.3, -0.25) is 4.79 Å². The molecular weight excluding hydrogens is 466 g/mol. The van der Waals surface area contributed by atoms with Gasteiger partial charge >= 0.3 is 6.18 Å². The third kappa shape index (κ3) is 4.47. The molecule has 1 aromatic heterocycles. The molecule has 2 aromatic rings. The molecular formula is C20H19F4N5O3S. The first-order valence-electron chi connectivity index (χ1n) is 9.86. The highest BCUT2D eigenvalue weighted by molar-refractivity contribution is 8.13. The van der Waals surface area contributed by atoms with Crippen LogP contribution in [-0.2, 0) is 10.3 Å². The summed E-state index contributed by atoms with van der Waals surface area (Å²) in [5.41, 5.74) is 4.11. The number of hydrogen-bond acceptors (Lipinski definition) is 8. The zero-order valence-corrected chi connectivity index (χ0v) is 18.0. The Kier molecular flexibility index (Phi) is 6.18. The lowest BCUT2D eigenvalue weighted by Crippen LogP contribution is -2.46. The van der Waals surface area contributed by atoms with Gasteiger partial charge in [0, 0.05) is 22.9 Å². The van der Waals surface area contributed by atoms with Crippen LogP contribution in [0.3, 0.4) is 0 Å². The summed E-state index contributed by atoms with van der Waals surface area (Å²) in [6.45, 7) is 1.65. The highest BCUT2D eigenvalue weighted by Gasteiger charge is 2.62. The summed E-state index contributed by atoms with van der Waals surface area (Å²) in [5.74, 6) is -2.41. The maximum atomic E-state index is 14.9. The number of carbonyl (C=O) groups is 1. The number of benzene rings is 1. The van der Waals surface area contributed by atoms with E-state index in [0.29, 0.717) is 6.61 Å². The van der Waals surface area contributed by atoms with Gasteiger partial charge in [-0.25, -0.2) is 19.4 Å². The summed E-state index contributed by atoms with van der Waals surface area (Å²) in [7, 11) is 0. The summed E-state index contributed by atoms with van der Waals surface area (Å²) < 4.78 is 65.8. The van der Waals surface area contributed by atoms with Crippen LogP contribution in [0.2, 0.25) is 0 Å². The van der Waals surface area contributed by atoms with Crippen molar-refractivity contribution in [2.45, 2.75) is 24.7 Å². The number of hydrogen-bond donors (Lipinski definition) is 2. The average molecular weight is 485 g/mol. The quantitative estimate of drug-likeness (QED) is 0.626. The molecule has 1 saturated heterocycles.